The van der Waals surface area contributed by atoms with Gasteiger partial charge in [0.05, 0.1) is 0 Å². The van der Waals surface area contributed by atoms with Crippen molar-refractivity contribution >= 4 is 23.6 Å². The molecule has 0 atom stereocenters. The van der Waals surface area contributed by atoms with E-state index in [9.17, 15) is 9.59 Å². The third kappa shape index (κ3) is 3.63. The van der Waals surface area contributed by atoms with E-state index in [0.717, 1.165) is 29.0 Å². The molecule has 0 unspecified atom stereocenters. The van der Waals surface area contributed by atoms with Crippen LogP contribution in [0.5, 0.6) is 0 Å². The number of rotatable bonds is 4. The van der Waals surface area contributed by atoms with Gasteiger partial charge < -0.3 is 10.6 Å². The molecule has 2 N–H and O–H groups in total. The maximum atomic E-state index is 12.5. The Morgan fingerprint density at radius 2 is 1.56 bits per heavy atom. The predicted molar refractivity (Wildman–Crippen MR) is 98.8 cm³/mol. The Balaban J connectivity index is 1.37. The topological polar surface area (TPSA) is 58.2 Å². The highest BCUT2D eigenvalue weighted by Crippen LogP contribution is 2.55. The van der Waals surface area contributed by atoms with Crippen molar-refractivity contribution in [3.63, 3.8) is 0 Å². The zero-order valence-electron chi connectivity index (χ0n) is 14.8. The fraction of sp³-hybridized carbons (Fsp3) is 0.524. The van der Waals surface area contributed by atoms with Crippen LogP contribution in [0.3, 0.4) is 0 Å². The van der Waals surface area contributed by atoms with Gasteiger partial charge in [-0.05, 0) is 80.1 Å². The fourth-order valence-corrected chi connectivity index (χ4v) is 5.62. The number of hydrogen-bond acceptors (Lipinski definition) is 2. The Labute approximate surface area is 149 Å². The van der Waals surface area contributed by atoms with Crippen LogP contribution in [0.1, 0.15) is 51.0 Å². The van der Waals surface area contributed by atoms with Crippen molar-refractivity contribution in [1.82, 2.24) is 5.32 Å². The number of amides is 2. The van der Waals surface area contributed by atoms with Crippen LogP contribution >= 0.6 is 0 Å². The molecule has 25 heavy (non-hydrogen) atoms. The highest BCUT2D eigenvalue weighted by Gasteiger charge is 2.51. The number of nitrogens with one attached hydrogen (secondary N) is 2. The summed E-state index contributed by atoms with van der Waals surface area (Å²) in [5, 5.41) is 6.09. The molecule has 1 aromatic rings. The van der Waals surface area contributed by atoms with Crippen molar-refractivity contribution in [2.45, 2.75) is 51.0 Å². The summed E-state index contributed by atoms with van der Waals surface area (Å²) < 4.78 is 0. The standard InChI is InChI=1S/C21H26N2O2/c1-14(24)22-19-5-2-15(3-6-19)4-7-20(25)23-21-11-16-8-17(12-21)10-18(9-16)13-21/h2-7,16-18H,8-13H2,1H3,(H,22,24)(H,23,25)/b7-4+. The minimum Gasteiger partial charge on any atom is -0.347 e. The van der Waals surface area contributed by atoms with Gasteiger partial charge >= 0.3 is 0 Å². The maximum absolute atomic E-state index is 12.5. The molecular weight excluding hydrogens is 312 g/mol. The van der Waals surface area contributed by atoms with Gasteiger partial charge in [0.1, 0.15) is 0 Å². The van der Waals surface area contributed by atoms with Gasteiger partial charge in [0.25, 0.3) is 0 Å². The van der Waals surface area contributed by atoms with Crippen molar-refractivity contribution in [3.8, 4) is 0 Å². The lowest BCUT2D eigenvalue weighted by molar-refractivity contribution is -0.122. The van der Waals surface area contributed by atoms with Crippen molar-refractivity contribution in [2.75, 3.05) is 5.32 Å². The molecule has 0 heterocycles. The highest BCUT2D eigenvalue weighted by atomic mass is 16.2. The molecule has 0 aromatic heterocycles. The molecule has 2 amide bonds. The van der Waals surface area contributed by atoms with E-state index in [1.807, 2.05) is 30.3 Å². The van der Waals surface area contributed by atoms with Crippen molar-refractivity contribution in [3.05, 3.63) is 35.9 Å². The lowest BCUT2D eigenvalue weighted by Crippen LogP contribution is -2.59. The lowest BCUT2D eigenvalue weighted by atomic mass is 9.53. The Bertz CT molecular complexity index is 670. The molecule has 4 aliphatic rings. The average molecular weight is 338 g/mol. The second-order valence-electron chi connectivity index (χ2n) is 8.32. The number of benzene rings is 1. The van der Waals surface area contributed by atoms with Crippen LogP contribution in [0.4, 0.5) is 5.69 Å². The van der Waals surface area contributed by atoms with E-state index < -0.39 is 0 Å². The van der Waals surface area contributed by atoms with Crippen molar-refractivity contribution in [1.29, 1.82) is 0 Å². The van der Waals surface area contributed by atoms with Crippen molar-refractivity contribution < 1.29 is 9.59 Å². The molecule has 0 aliphatic heterocycles. The van der Waals surface area contributed by atoms with Gasteiger partial charge in [-0.3, -0.25) is 9.59 Å². The molecule has 4 heteroatoms. The van der Waals surface area contributed by atoms with E-state index in [1.165, 1.54) is 45.4 Å². The molecule has 1 aromatic carbocycles. The zero-order chi connectivity index (χ0) is 17.4. The van der Waals surface area contributed by atoms with Gasteiger partial charge in [0.15, 0.2) is 0 Å². The Kier molecular flexibility index (Phi) is 4.14. The Hall–Kier alpha value is -2.10. The van der Waals surface area contributed by atoms with Gasteiger partial charge in [0, 0.05) is 24.2 Å². The normalized spacial score (nSPS) is 32.8. The largest absolute Gasteiger partial charge is 0.347 e. The van der Waals surface area contributed by atoms with Crippen LogP contribution in [-0.2, 0) is 9.59 Å². The average Bonchev–Trinajstić information content (AvgIpc) is 2.52. The molecule has 4 saturated carbocycles. The summed E-state index contributed by atoms with van der Waals surface area (Å²) in [6.07, 6.45) is 11.1. The molecular formula is C21H26N2O2. The number of hydrogen-bond donors (Lipinski definition) is 2. The molecule has 5 rings (SSSR count). The van der Waals surface area contributed by atoms with Crippen LogP contribution in [0.2, 0.25) is 0 Å². The zero-order valence-corrected chi connectivity index (χ0v) is 14.8. The second-order valence-corrected chi connectivity index (χ2v) is 8.32. The van der Waals surface area contributed by atoms with E-state index in [1.54, 1.807) is 6.08 Å². The summed E-state index contributed by atoms with van der Waals surface area (Å²) in [6.45, 7) is 1.49. The quantitative estimate of drug-likeness (QED) is 0.822. The van der Waals surface area contributed by atoms with Gasteiger partial charge in [-0.15, -0.1) is 0 Å². The van der Waals surface area contributed by atoms with Crippen LogP contribution in [-0.4, -0.2) is 17.4 Å². The minimum atomic E-state index is -0.0850. The van der Waals surface area contributed by atoms with Crippen LogP contribution in [0, 0.1) is 17.8 Å². The molecule has 0 spiro atoms. The number of carbonyl (C=O) groups excluding carboxylic acids is 2. The van der Waals surface area contributed by atoms with Crippen LogP contribution in [0.25, 0.3) is 6.08 Å². The second kappa shape index (κ2) is 6.32. The molecule has 0 saturated heterocycles. The molecule has 4 aliphatic carbocycles. The first-order valence-electron chi connectivity index (χ1n) is 9.38. The van der Waals surface area contributed by atoms with Crippen LogP contribution in [0.15, 0.2) is 30.3 Å². The number of anilines is 1. The molecule has 0 radical (unpaired) electrons. The molecule has 4 fully saturated rings. The van der Waals surface area contributed by atoms with Gasteiger partial charge in [0.2, 0.25) is 11.8 Å². The molecule has 4 bridgehead atoms. The SMILES string of the molecule is CC(=O)Nc1ccc(/C=C/C(=O)NC23CC4CC(CC(C4)C2)C3)cc1. The smallest absolute Gasteiger partial charge is 0.244 e. The summed E-state index contributed by atoms with van der Waals surface area (Å²) in [5.41, 5.74) is 1.78. The van der Waals surface area contributed by atoms with Crippen molar-refractivity contribution in [2.24, 2.45) is 17.8 Å². The summed E-state index contributed by atoms with van der Waals surface area (Å²) in [7, 11) is 0. The van der Waals surface area contributed by atoms with Crippen LogP contribution < -0.4 is 10.6 Å². The first-order chi connectivity index (χ1) is 12.0. The third-order valence-electron chi connectivity index (χ3n) is 6.08. The van der Waals surface area contributed by atoms with E-state index in [0.29, 0.717) is 0 Å². The van der Waals surface area contributed by atoms with E-state index >= 15 is 0 Å². The van der Waals surface area contributed by atoms with Gasteiger partial charge in [-0.25, -0.2) is 0 Å². The highest BCUT2D eigenvalue weighted by molar-refractivity contribution is 5.92. The first kappa shape index (κ1) is 16.4. The van der Waals surface area contributed by atoms with Gasteiger partial charge in [-0.2, -0.15) is 0 Å². The first-order valence-corrected chi connectivity index (χ1v) is 9.38. The fourth-order valence-electron chi connectivity index (χ4n) is 5.62. The summed E-state index contributed by atoms with van der Waals surface area (Å²) >= 11 is 0. The monoisotopic (exact) mass is 338 g/mol. The predicted octanol–water partition coefficient (Wildman–Crippen LogP) is 3.74. The van der Waals surface area contributed by atoms with E-state index in [2.05, 4.69) is 10.6 Å². The molecule has 4 nitrogen and oxygen atoms in total. The Morgan fingerprint density at radius 3 is 2.08 bits per heavy atom. The summed E-state index contributed by atoms with van der Waals surface area (Å²) in [6, 6.07) is 7.50. The summed E-state index contributed by atoms with van der Waals surface area (Å²) in [4.78, 5) is 23.5. The Morgan fingerprint density at radius 1 is 1.00 bits per heavy atom. The number of carbonyl (C=O) groups is 2. The molecule has 132 valence electrons. The third-order valence-corrected chi connectivity index (χ3v) is 6.08. The van der Waals surface area contributed by atoms with Gasteiger partial charge in [-0.1, -0.05) is 12.1 Å². The summed E-state index contributed by atoms with van der Waals surface area (Å²) in [5.74, 6) is 2.43. The minimum absolute atomic E-state index is 0.0212. The maximum Gasteiger partial charge on any atom is 0.244 e. The lowest BCUT2D eigenvalue weighted by Gasteiger charge is -2.56. The van der Waals surface area contributed by atoms with E-state index in [4.69, 9.17) is 0 Å². The van der Waals surface area contributed by atoms with E-state index in [-0.39, 0.29) is 17.4 Å².